The fourth-order valence-corrected chi connectivity index (χ4v) is 1.80. The molecule has 0 atom stereocenters. The van der Waals surface area contributed by atoms with E-state index >= 15 is 0 Å². The number of ether oxygens (including phenoxy) is 1. The zero-order valence-electron chi connectivity index (χ0n) is 11.3. The molecule has 0 aliphatic heterocycles. The lowest BCUT2D eigenvalue weighted by Crippen LogP contribution is -2.12. The molecule has 0 saturated heterocycles. The van der Waals surface area contributed by atoms with Crippen LogP contribution >= 0.6 is 0 Å². The zero-order chi connectivity index (χ0) is 14.5. The molecule has 2 aromatic rings. The van der Waals surface area contributed by atoms with Crippen LogP contribution in [0.1, 0.15) is 23.8 Å². The standard InChI is InChI=1S/C13H16F2N4O/c1-9-3-4-11(10(18-9)7-16-2)20-8-12-17-5-6-19(12)13(14)15/h3-6,13,16H,7-8H2,1-2H3. The maximum Gasteiger partial charge on any atom is 0.320 e. The first-order valence-corrected chi connectivity index (χ1v) is 6.15. The van der Waals surface area contributed by atoms with Crippen molar-refractivity contribution in [2.45, 2.75) is 26.6 Å². The Kier molecular flexibility index (Phi) is 4.62. The lowest BCUT2D eigenvalue weighted by atomic mass is 10.3. The second kappa shape index (κ2) is 6.42. The van der Waals surface area contributed by atoms with Crippen LogP contribution in [0.3, 0.4) is 0 Å². The average Bonchev–Trinajstić information content (AvgIpc) is 2.87. The topological polar surface area (TPSA) is 52.0 Å². The smallest absolute Gasteiger partial charge is 0.320 e. The number of nitrogens with one attached hydrogen (secondary N) is 1. The van der Waals surface area contributed by atoms with E-state index in [-0.39, 0.29) is 12.4 Å². The summed E-state index contributed by atoms with van der Waals surface area (Å²) in [4.78, 5) is 8.23. The third-order valence-corrected chi connectivity index (χ3v) is 2.73. The van der Waals surface area contributed by atoms with Crippen molar-refractivity contribution in [1.29, 1.82) is 0 Å². The predicted octanol–water partition coefficient (Wildman–Crippen LogP) is 2.28. The number of halogens is 2. The van der Waals surface area contributed by atoms with Gasteiger partial charge in [0.2, 0.25) is 0 Å². The van der Waals surface area contributed by atoms with E-state index in [1.165, 1.54) is 12.4 Å². The molecular weight excluding hydrogens is 266 g/mol. The van der Waals surface area contributed by atoms with E-state index in [4.69, 9.17) is 4.74 Å². The van der Waals surface area contributed by atoms with Crippen LogP contribution in [-0.4, -0.2) is 21.6 Å². The van der Waals surface area contributed by atoms with E-state index in [1.807, 2.05) is 13.0 Å². The van der Waals surface area contributed by atoms with Gasteiger partial charge in [-0.2, -0.15) is 8.78 Å². The molecule has 7 heteroatoms. The van der Waals surface area contributed by atoms with Crippen molar-refractivity contribution in [2.24, 2.45) is 0 Å². The van der Waals surface area contributed by atoms with E-state index in [0.717, 1.165) is 16.0 Å². The van der Waals surface area contributed by atoms with Crippen molar-refractivity contribution in [1.82, 2.24) is 19.9 Å². The van der Waals surface area contributed by atoms with Crippen molar-refractivity contribution in [2.75, 3.05) is 7.05 Å². The largest absolute Gasteiger partial charge is 0.484 e. The van der Waals surface area contributed by atoms with Crippen molar-refractivity contribution in [3.05, 3.63) is 41.7 Å². The third kappa shape index (κ3) is 3.30. The summed E-state index contributed by atoms with van der Waals surface area (Å²) in [6.45, 7) is -0.227. The van der Waals surface area contributed by atoms with Crippen LogP contribution in [0.5, 0.6) is 5.75 Å². The van der Waals surface area contributed by atoms with Crippen molar-refractivity contribution in [3.8, 4) is 5.75 Å². The molecule has 2 rings (SSSR count). The number of aromatic nitrogens is 3. The molecule has 2 heterocycles. The Labute approximate surface area is 115 Å². The Balaban J connectivity index is 2.12. The lowest BCUT2D eigenvalue weighted by molar-refractivity contribution is 0.0632. The van der Waals surface area contributed by atoms with E-state index in [9.17, 15) is 8.78 Å². The highest BCUT2D eigenvalue weighted by Crippen LogP contribution is 2.19. The number of pyridine rings is 1. The van der Waals surface area contributed by atoms with Crippen molar-refractivity contribution < 1.29 is 13.5 Å². The van der Waals surface area contributed by atoms with Gasteiger partial charge >= 0.3 is 6.55 Å². The number of nitrogens with zero attached hydrogens (tertiary/aromatic N) is 3. The molecule has 108 valence electrons. The second-order valence-corrected chi connectivity index (χ2v) is 4.24. The third-order valence-electron chi connectivity index (χ3n) is 2.73. The van der Waals surface area contributed by atoms with Gasteiger partial charge in [0.25, 0.3) is 0 Å². The van der Waals surface area contributed by atoms with Crippen LogP contribution in [0, 0.1) is 6.92 Å². The highest BCUT2D eigenvalue weighted by molar-refractivity contribution is 5.29. The first-order chi connectivity index (χ1) is 9.61. The molecule has 0 bridgehead atoms. The quantitative estimate of drug-likeness (QED) is 0.883. The van der Waals surface area contributed by atoms with E-state index in [0.29, 0.717) is 12.3 Å². The van der Waals surface area contributed by atoms with Gasteiger partial charge in [0, 0.05) is 24.6 Å². The minimum atomic E-state index is -2.62. The lowest BCUT2D eigenvalue weighted by Gasteiger charge is -2.12. The number of alkyl halides is 2. The predicted molar refractivity (Wildman–Crippen MR) is 69.5 cm³/mol. The summed E-state index contributed by atoms with van der Waals surface area (Å²) in [6.07, 6.45) is 2.55. The van der Waals surface area contributed by atoms with Crippen LogP contribution in [-0.2, 0) is 13.2 Å². The Morgan fingerprint density at radius 1 is 1.40 bits per heavy atom. The molecule has 1 N–H and O–H groups in total. The number of aryl methyl sites for hydroxylation is 1. The van der Waals surface area contributed by atoms with Crippen LogP contribution in [0.15, 0.2) is 24.5 Å². The highest BCUT2D eigenvalue weighted by Gasteiger charge is 2.13. The maximum absolute atomic E-state index is 12.7. The Morgan fingerprint density at radius 3 is 2.90 bits per heavy atom. The second-order valence-electron chi connectivity index (χ2n) is 4.24. The monoisotopic (exact) mass is 282 g/mol. The summed E-state index contributed by atoms with van der Waals surface area (Å²) in [6, 6.07) is 3.60. The number of hydrogen-bond donors (Lipinski definition) is 1. The maximum atomic E-state index is 12.7. The molecule has 2 aromatic heterocycles. The molecule has 0 unspecified atom stereocenters. The van der Waals surface area contributed by atoms with Gasteiger partial charge in [-0.3, -0.25) is 9.55 Å². The molecule has 5 nitrogen and oxygen atoms in total. The van der Waals surface area contributed by atoms with E-state index in [1.54, 1.807) is 13.1 Å². The molecule has 0 radical (unpaired) electrons. The van der Waals surface area contributed by atoms with E-state index in [2.05, 4.69) is 15.3 Å². The van der Waals surface area contributed by atoms with E-state index < -0.39 is 6.55 Å². The van der Waals surface area contributed by atoms with Gasteiger partial charge < -0.3 is 10.1 Å². The van der Waals surface area contributed by atoms with Gasteiger partial charge in [0.1, 0.15) is 12.4 Å². The highest BCUT2D eigenvalue weighted by atomic mass is 19.3. The average molecular weight is 282 g/mol. The van der Waals surface area contributed by atoms with Crippen LogP contribution in [0.4, 0.5) is 8.78 Å². The minimum Gasteiger partial charge on any atom is -0.484 e. The number of imidazole rings is 1. The molecule has 0 fully saturated rings. The van der Waals surface area contributed by atoms with Crippen molar-refractivity contribution in [3.63, 3.8) is 0 Å². The summed E-state index contributed by atoms with van der Waals surface area (Å²) < 4.78 is 31.7. The van der Waals surface area contributed by atoms with Crippen LogP contribution in [0.2, 0.25) is 0 Å². The summed E-state index contributed by atoms with van der Waals surface area (Å²) in [5, 5.41) is 2.99. The minimum absolute atomic E-state index is 0.0290. The Bertz CT molecular complexity index is 571. The Morgan fingerprint density at radius 2 is 2.20 bits per heavy atom. The zero-order valence-corrected chi connectivity index (χ0v) is 11.3. The molecule has 0 spiro atoms. The summed E-state index contributed by atoms with van der Waals surface area (Å²) in [5.74, 6) is 0.741. The summed E-state index contributed by atoms with van der Waals surface area (Å²) >= 11 is 0. The van der Waals surface area contributed by atoms with Gasteiger partial charge in [-0.15, -0.1) is 0 Å². The van der Waals surface area contributed by atoms with Crippen LogP contribution in [0.25, 0.3) is 0 Å². The van der Waals surface area contributed by atoms with Gasteiger partial charge in [-0.1, -0.05) is 0 Å². The van der Waals surface area contributed by atoms with Gasteiger partial charge in [-0.05, 0) is 26.1 Å². The van der Waals surface area contributed by atoms with Gasteiger partial charge in [0.15, 0.2) is 5.82 Å². The fourth-order valence-electron chi connectivity index (χ4n) is 1.80. The molecular formula is C13H16F2N4O. The number of hydrogen-bond acceptors (Lipinski definition) is 4. The molecule has 20 heavy (non-hydrogen) atoms. The molecule has 0 aromatic carbocycles. The van der Waals surface area contributed by atoms with Crippen LogP contribution < -0.4 is 10.1 Å². The Hall–Kier alpha value is -2.02. The number of rotatable bonds is 6. The molecule has 0 aliphatic rings. The summed E-state index contributed by atoms with van der Waals surface area (Å²) in [5.41, 5.74) is 1.61. The molecule has 0 amide bonds. The first kappa shape index (κ1) is 14.4. The van der Waals surface area contributed by atoms with Crippen molar-refractivity contribution >= 4 is 0 Å². The van der Waals surface area contributed by atoms with Gasteiger partial charge in [0.05, 0.1) is 5.69 Å². The SMILES string of the molecule is CNCc1nc(C)ccc1OCc1nccn1C(F)F. The van der Waals surface area contributed by atoms with Gasteiger partial charge in [-0.25, -0.2) is 4.98 Å². The molecule has 0 saturated carbocycles. The summed E-state index contributed by atoms with van der Waals surface area (Å²) in [7, 11) is 1.80. The normalized spacial score (nSPS) is 11.1. The first-order valence-electron chi connectivity index (χ1n) is 6.15. The fraction of sp³-hybridized carbons (Fsp3) is 0.385. The molecule has 0 aliphatic carbocycles.